The van der Waals surface area contributed by atoms with Crippen LogP contribution < -0.4 is 5.32 Å². The predicted molar refractivity (Wildman–Crippen MR) is 93.4 cm³/mol. The van der Waals surface area contributed by atoms with Crippen LogP contribution in [0.2, 0.25) is 0 Å². The molecule has 0 spiro atoms. The zero-order valence-corrected chi connectivity index (χ0v) is 14.6. The van der Waals surface area contributed by atoms with Crippen molar-refractivity contribution >= 4 is 17.4 Å². The maximum atomic E-state index is 12.4. The van der Waals surface area contributed by atoms with Crippen LogP contribution in [0.5, 0.6) is 0 Å². The van der Waals surface area contributed by atoms with Crippen LogP contribution in [0.15, 0.2) is 30.3 Å². The van der Waals surface area contributed by atoms with E-state index in [-0.39, 0.29) is 17.1 Å². The molecule has 124 valence electrons. The molecule has 3 aromatic rings. The van der Waals surface area contributed by atoms with Gasteiger partial charge in [0.2, 0.25) is 5.82 Å². The van der Waals surface area contributed by atoms with Gasteiger partial charge in [0.05, 0.1) is 0 Å². The third kappa shape index (κ3) is 3.13. The molecule has 0 fully saturated rings. The highest BCUT2D eigenvalue weighted by Crippen LogP contribution is 2.23. The lowest BCUT2D eigenvalue weighted by Gasteiger charge is -2.19. The molecule has 0 atom stereocenters. The molecule has 2 aromatic heterocycles. The second-order valence-electron chi connectivity index (χ2n) is 6.97. The van der Waals surface area contributed by atoms with Crippen LogP contribution in [0.25, 0.3) is 5.78 Å². The Hall–Kier alpha value is -2.76. The van der Waals surface area contributed by atoms with Crippen molar-refractivity contribution < 1.29 is 4.79 Å². The first kappa shape index (κ1) is 16.1. The van der Waals surface area contributed by atoms with Crippen LogP contribution in [0, 0.1) is 13.8 Å². The number of nitrogens with zero attached hydrogens (tertiary/aromatic N) is 4. The topological polar surface area (TPSA) is 72.2 Å². The van der Waals surface area contributed by atoms with Gasteiger partial charge < -0.3 is 5.32 Å². The Morgan fingerprint density at radius 2 is 1.75 bits per heavy atom. The molecule has 1 N–H and O–H groups in total. The van der Waals surface area contributed by atoms with E-state index >= 15 is 0 Å². The average molecular weight is 323 g/mol. The lowest BCUT2D eigenvalue weighted by molar-refractivity contribution is 0.101. The molecule has 0 bridgehead atoms. The Morgan fingerprint density at radius 1 is 1.08 bits per heavy atom. The number of hydrogen-bond donors (Lipinski definition) is 1. The van der Waals surface area contributed by atoms with Gasteiger partial charge in [-0.15, -0.1) is 5.10 Å². The Morgan fingerprint density at radius 3 is 2.38 bits per heavy atom. The van der Waals surface area contributed by atoms with Gasteiger partial charge in [0, 0.05) is 17.1 Å². The number of carbonyl (C=O) groups is 1. The van der Waals surface area contributed by atoms with Crippen molar-refractivity contribution in [2.75, 3.05) is 5.32 Å². The van der Waals surface area contributed by atoms with E-state index in [1.807, 2.05) is 44.2 Å². The van der Waals surface area contributed by atoms with Crippen molar-refractivity contribution in [1.29, 1.82) is 0 Å². The van der Waals surface area contributed by atoms with Crippen molar-refractivity contribution in [1.82, 2.24) is 19.6 Å². The molecule has 0 aliphatic carbocycles. The number of amides is 1. The van der Waals surface area contributed by atoms with Gasteiger partial charge in [-0.05, 0) is 43.0 Å². The lowest BCUT2D eigenvalue weighted by atomic mass is 9.87. The molecule has 6 heteroatoms. The molecule has 0 saturated carbocycles. The number of benzene rings is 1. The van der Waals surface area contributed by atoms with Crippen molar-refractivity contribution in [2.24, 2.45) is 0 Å². The fourth-order valence-corrected chi connectivity index (χ4v) is 2.50. The third-order valence-electron chi connectivity index (χ3n) is 3.83. The van der Waals surface area contributed by atoms with E-state index in [2.05, 4.69) is 41.2 Å². The summed E-state index contributed by atoms with van der Waals surface area (Å²) < 4.78 is 1.57. The Bertz CT molecular complexity index is 904. The van der Waals surface area contributed by atoms with Crippen LogP contribution in [0.1, 0.15) is 48.3 Å². The van der Waals surface area contributed by atoms with E-state index in [9.17, 15) is 4.79 Å². The van der Waals surface area contributed by atoms with Crippen molar-refractivity contribution in [3.05, 3.63) is 53.1 Å². The fourth-order valence-electron chi connectivity index (χ4n) is 2.50. The van der Waals surface area contributed by atoms with E-state index in [4.69, 9.17) is 0 Å². The Kier molecular flexibility index (Phi) is 3.83. The summed E-state index contributed by atoms with van der Waals surface area (Å²) in [6, 6.07) is 9.71. The third-order valence-corrected chi connectivity index (χ3v) is 3.83. The molecule has 24 heavy (non-hydrogen) atoms. The number of nitrogens with one attached hydrogen (secondary N) is 1. The summed E-state index contributed by atoms with van der Waals surface area (Å²) >= 11 is 0. The summed E-state index contributed by atoms with van der Waals surface area (Å²) in [6.45, 7) is 10.2. The molecule has 0 aliphatic rings. The molecule has 0 radical (unpaired) electrons. The molecule has 0 aliphatic heterocycles. The lowest BCUT2D eigenvalue weighted by Crippen LogP contribution is -2.15. The maximum Gasteiger partial charge on any atom is 0.295 e. The van der Waals surface area contributed by atoms with Gasteiger partial charge in [-0.1, -0.05) is 32.9 Å². The van der Waals surface area contributed by atoms with Crippen molar-refractivity contribution in [3.8, 4) is 0 Å². The van der Waals surface area contributed by atoms with Gasteiger partial charge in [-0.25, -0.2) is 9.50 Å². The van der Waals surface area contributed by atoms with Gasteiger partial charge >= 0.3 is 0 Å². The molecule has 0 unspecified atom stereocenters. The summed E-state index contributed by atoms with van der Waals surface area (Å²) in [5, 5.41) is 7.06. The number of aryl methyl sites for hydroxylation is 2. The molecule has 1 aromatic carbocycles. The van der Waals surface area contributed by atoms with Crippen LogP contribution in [-0.2, 0) is 5.41 Å². The number of fused-ring (bicyclic) bond motifs is 1. The van der Waals surface area contributed by atoms with E-state index < -0.39 is 0 Å². The molecule has 6 nitrogen and oxygen atoms in total. The highest BCUT2D eigenvalue weighted by atomic mass is 16.2. The zero-order chi connectivity index (χ0) is 17.5. The smallest absolute Gasteiger partial charge is 0.295 e. The first-order chi connectivity index (χ1) is 11.2. The average Bonchev–Trinajstić information content (AvgIpc) is 2.91. The van der Waals surface area contributed by atoms with Gasteiger partial charge in [-0.2, -0.15) is 4.98 Å². The quantitative estimate of drug-likeness (QED) is 0.785. The molecule has 2 heterocycles. The van der Waals surface area contributed by atoms with Crippen LogP contribution in [0.4, 0.5) is 5.69 Å². The number of anilines is 1. The van der Waals surface area contributed by atoms with Gasteiger partial charge in [-0.3, -0.25) is 4.79 Å². The Labute approximate surface area is 141 Å². The number of rotatable bonds is 2. The second kappa shape index (κ2) is 5.70. The van der Waals surface area contributed by atoms with Gasteiger partial charge in [0.1, 0.15) is 0 Å². The monoisotopic (exact) mass is 323 g/mol. The summed E-state index contributed by atoms with van der Waals surface area (Å²) in [7, 11) is 0. The number of aromatic nitrogens is 4. The largest absolute Gasteiger partial charge is 0.319 e. The van der Waals surface area contributed by atoms with Crippen LogP contribution in [0.3, 0.4) is 0 Å². The van der Waals surface area contributed by atoms with Gasteiger partial charge in [0.15, 0.2) is 0 Å². The van der Waals surface area contributed by atoms with Crippen molar-refractivity contribution in [2.45, 2.75) is 40.0 Å². The molecular formula is C18H21N5O. The fraction of sp³-hybridized carbons (Fsp3) is 0.333. The summed E-state index contributed by atoms with van der Waals surface area (Å²) in [4.78, 5) is 20.9. The molecule has 0 saturated heterocycles. The summed E-state index contributed by atoms with van der Waals surface area (Å²) in [6.07, 6.45) is 0. The molecule has 1 amide bonds. The minimum Gasteiger partial charge on any atom is -0.319 e. The SMILES string of the molecule is Cc1cc(C)n2nc(C(=O)Nc3ccc(C(C)(C)C)cc3)nc2n1. The highest BCUT2D eigenvalue weighted by molar-refractivity contribution is 6.01. The van der Waals surface area contributed by atoms with Gasteiger partial charge in [0.25, 0.3) is 11.7 Å². The molecule has 3 rings (SSSR count). The minimum atomic E-state index is -0.346. The summed E-state index contributed by atoms with van der Waals surface area (Å²) in [5.41, 5.74) is 3.73. The predicted octanol–water partition coefficient (Wildman–Crippen LogP) is 3.29. The maximum absolute atomic E-state index is 12.4. The minimum absolute atomic E-state index is 0.0761. The standard InChI is InChI=1S/C18H21N5O/c1-11-10-12(2)23-17(19-11)21-15(22-23)16(24)20-14-8-6-13(7-9-14)18(3,4)5/h6-10H,1-5H3,(H,20,24). The summed E-state index contributed by atoms with van der Waals surface area (Å²) in [5.74, 6) is 0.192. The second-order valence-corrected chi connectivity index (χ2v) is 6.97. The van der Waals surface area contributed by atoms with Crippen LogP contribution >= 0.6 is 0 Å². The first-order valence-electron chi connectivity index (χ1n) is 7.87. The first-order valence-corrected chi connectivity index (χ1v) is 7.87. The van der Waals surface area contributed by atoms with E-state index in [1.165, 1.54) is 5.56 Å². The van der Waals surface area contributed by atoms with E-state index in [1.54, 1.807) is 4.52 Å². The van der Waals surface area contributed by atoms with Crippen LogP contribution in [-0.4, -0.2) is 25.5 Å². The Balaban J connectivity index is 1.83. The van der Waals surface area contributed by atoms with E-state index in [0.29, 0.717) is 11.5 Å². The number of hydrogen-bond acceptors (Lipinski definition) is 4. The molecular weight excluding hydrogens is 302 g/mol. The number of carbonyl (C=O) groups excluding carboxylic acids is 1. The zero-order valence-electron chi connectivity index (χ0n) is 14.6. The van der Waals surface area contributed by atoms with E-state index in [0.717, 1.165) is 11.4 Å². The van der Waals surface area contributed by atoms with Crippen molar-refractivity contribution in [3.63, 3.8) is 0 Å². The normalized spacial score (nSPS) is 11.7. The highest BCUT2D eigenvalue weighted by Gasteiger charge is 2.16.